The van der Waals surface area contributed by atoms with E-state index in [0.717, 1.165) is 22.6 Å². The van der Waals surface area contributed by atoms with Crippen LogP contribution in [-0.2, 0) is 5.54 Å². The molecule has 3 heterocycles. The minimum absolute atomic E-state index is 0.773. The van der Waals surface area contributed by atoms with Crippen molar-refractivity contribution in [3.05, 3.63) is 126 Å². The minimum Gasteiger partial charge on any atom is -0.266 e. The van der Waals surface area contributed by atoms with Gasteiger partial charge in [-0.3, -0.25) is 19.9 Å². The molecular formula is C23H18N4. The van der Waals surface area contributed by atoms with Crippen LogP contribution in [0.25, 0.3) is 0 Å². The van der Waals surface area contributed by atoms with Crippen molar-refractivity contribution in [1.29, 1.82) is 0 Å². The summed E-state index contributed by atoms with van der Waals surface area (Å²) in [5.41, 5.74) is 2.39. The van der Waals surface area contributed by atoms with E-state index in [1.54, 1.807) is 18.6 Å². The Morgan fingerprint density at radius 1 is 0.556 bits per heavy atom. The number of aliphatic imine (C=N–C) groups is 1. The van der Waals surface area contributed by atoms with E-state index in [9.17, 15) is 0 Å². The molecule has 4 nitrogen and oxygen atoms in total. The first-order valence-corrected chi connectivity index (χ1v) is 8.74. The Balaban J connectivity index is 1.99. The summed E-state index contributed by atoms with van der Waals surface area (Å²) in [4.78, 5) is 18.9. The third-order valence-electron chi connectivity index (χ3n) is 4.31. The van der Waals surface area contributed by atoms with Crippen LogP contribution in [0.5, 0.6) is 0 Å². The van der Waals surface area contributed by atoms with Gasteiger partial charge in [0, 0.05) is 24.8 Å². The molecule has 0 amide bonds. The monoisotopic (exact) mass is 350 g/mol. The van der Waals surface area contributed by atoms with Gasteiger partial charge < -0.3 is 0 Å². The minimum atomic E-state index is -0.931. The lowest BCUT2D eigenvalue weighted by Gasteiger charge is -2.28. The lowest BCUT2D eigenvalue weighted by Crippen LogP contribution is -2.30. The molecule has 3 aromatic heterocycles. The molecule has 0 fully saturated rings. The molecule has 0 saturated heterocycles. The van der Waals surface area contributed by atoms with Crippen molar-refractivity contribution < 1.29 is 0 Å². The van der Waals surface area contributed by atoms with Gasteiger partial charge in [-0.15, -0.1) is 0 Å². The van der Waals surface area contributed by atoms with Crippen molar-refractivity contribution in [3.8, 4) is 0 Å². The highest BCUT2D eigenvalue weighted by molar-refractivity contribution is 5.80. The van der Waals surface area contributed by atoms with Crippen LogP contribution in [0.15, 0.2) is 109 Å². The summed E-state index contributed by atoms with van der Waals surface area (Å²) in [6, 6.07) is 27.5. The molecule has 0 aliphatic heterocycles. The summed E-state index contributed by atoms with van der Waals surface area (Å²) in [6.07, 6.45) is 7.17. The molecule has 4 rings (SSSR count). The second-order valence-electron chi connectivity index (χ2n) is 6.02. The van der Waals surface area contributed by atoms with E-state index in [1.165, 1.54) is 0 Å². The van der Waals surface area contributed by atoms with E-state index in [2.05, 4.69) is 15.0 Å². The normalized spacial score (nSPS) is 11.6. The van der Waals surface area contributed by atoms with Crippen LogP contribution >= 0.6 is 0 Å². The number of hydrogen-bond donors (Lipinski definition) is 0. The molecule has 0 aliphatic rings. The Morgan fingerprint density at radius 3 is 1.41 bits per heavy atom. The van der Waals surface area contributed by atoms with Crippen molar-refractivity contribution in [2.24, 2.45) is 4.99 Å². The van der Waals surface area contributed by atoms with E-state index >= 15 is 0 Å². The summed E-state index contributed by atoms with van der Waals surface area (Å²) < 4.78 is 0. The molecule has 0 radical (unpaired) electrons. The SMILES string of the molecule is C(=NC(c1ccccn1)(c1ccccn1)c1ccccn1)c1ccccc1. The highest BCUT2D eigenvalue weighted by Crippen LogP contribution is 2.37. The molecule has 0 bridgehead atoms. The van der Waals surface area contributed by atoms with Gasteiger partial charge in [0.15, 0.2) is 5.54 Å². The van der Waals surface area contributed by atoms with Crippen LogP contribution in [0, 0.1) is 0 Å². The number of benzene rings is 1. The van der Waals surface area contributed by atoms with Gasteiger partial charge in [-0.05, 0) is 42.0 Å². The van der Waals surface area contributed by atoms with Gasteiger partial charge >= 0.3 is 0 Å². The van der Waals surface area contributed by atoms with Gasteiger partial charge in [0.25, 0.3) is 0 Å². The van der Waals surface area contributed by atoms with Gasteiger partial charge in [-0.1, -0.05) is 48.5 Å². The van der Waals surface area contributed by atoms with Crippen LogP contribution in [0.1, 0.15) is 22.6 Å². The van der Waals surface area contributed by atoms with E-state index in [0.29, 0.717) is 0 Å². The molecule has 0 spiro atoms. The maximum atomic E-state index is 5.02. The molecule has 0 aliphatic carbocycles. The van der Waals surface area contributed by atoms with Crippen LogP contribution in [0.3, 0.4) is 0 Å². The molecule has 27 heavy (non-hydrogen) atoms. The maximum Gasteiger partial charge on any atom is 0.186 e. The standard InChI is InChI=1S/C23H18N4/c1-2-10-19(11-3-1)18-27-23(20-12-4-7-15-24-20,21-13-5-8-16-25-21)22-14-6-9-17-26-22/h1-18H. The lowest BCUT2D eigenvalue weighted by molar-refractivity contribution is 0.593. The molecule has 4 aromatic rings. The first kappa shape index (κ1) is 16.8. The second-order valence-corrected chi connectivity index (χ2v) is 6.02. The fourth-order valence-electron chi connectivity index (χ4n) is 3.03. The van der Waals surface area contributed by atoms with E-state index in [4.69, 9.17) is 4.99 Å². The molecule has 4 heteroatoms. The van der Waals surface area contributed by atoms with Gasteiger partial charge in [0.2, 0.25) is 0 Å². The van der Waals surface area contributed by atoms with Crippen LogP contribution < -0.4 is 0 Å². The Kier molecular flexibility index (Phi) is 4.79. The van der Waals surface area contributed by atoms with Gasteiger partial charge in [-0.2, -0.15) is 0 Å². The smallest absolute Gasteiger partial charge is 0.186 e. The summed E-state index contributed by atoms with van der Waals surface area (Å²) >= 11 is 0. The molecule has 1 aromatic carbocycles. The average molecular weight is 350 g/mol. The topological polar surface area (TPSA) is 51.0 Å². The zero-order chi connectivity index (χ0) is 18.4. The molecule has 0 atom stereocenters. The van der Waals surface area contributed by atoms with Crippen molar-refractivity contribution in [2.75, 3.05) is 0 Å². The van der Waals surface area contributed by atoms with E-state index < -0.39 is 5.54 Å². The lowest BCUT2D eigenvalue weighted by atomic mass is 9.86. The summed E-state index contributed by atoms with van der Waals surface area (Å²) in [5, 5.41) is 0. The van der Waals surface area contributed by atoms with Crippen molar-refractivity contribution in [2.45, 2.75) is 5.54 Å². The molecular weight excluding hydrogens is 332 g/mol. The van der Waals surface area contributed by atoms with Crippen molar-refractivity contribution in [1.82, 2.24) is 15.0 Å². The Bertz CT molecular complexity index is 905. The van der Waals surface area contributed by atoms with E-state index in [1.807, 2.05) is 91.1 Å². The highest BCUT2D eigenvalue weighted by Gasteiger charge is 2.39. The Hall–Kier alpha value is -3.66. The summed E-state index contributed by atoms with van der Waals surface area (Å²) in [6.45, 7) is 0. The molecule has 0 saturated carbocycles. The number of aromatic nitrogens is 3. The van der Waals surface area contributed by atoms with Gasteiger partial charge in [0.1, 0.15) is 0 Å². The summed E-state index contributed by atoms with van der Waals surface area (Å²) in [5.74, 6) is 0. The second kappa shape index (κ2) is 7.70. The van der Waals surface area contributed by atoms with Crippen LogP contribution in [-0.4, -0.2) is 21.2 Å². The fourth-order valence-corrected chi connectivity index (χ4v) is 3.03. The third-order valence-corrected chi connectivity index (χ3v) is 4.31. The first-order chi connectivity index (χ1) is 13.4. The summed E-state index contributed by atoms with van der Waals surface area (Å²) in [7, 11) is 0. The zero-order valence-electron chi connectivity index (χ0n) is 14.7. The number of rotatable bonds is 5. The van der Waals surface area contributed by atoms with Crippen molar-refractivity contribution in [3.63, 3.8) is 0 Å². The van der Waals surface area contributed by atoms with Crippen LogP contribution in [0.2, 0.25) is 0 Å². The molecule has 0 unspecified atom stereocenters. The fraction of sp³-hybridized carbons (Fsp3) is 0.0435. The quantitative estimate of drug-likeness (QED) is 0.505. The maximum absolute atomic E-state index is 5.02. The molecule has 0 N–H and O–H groups in total. The number of pyridine rings is 3. The van der Waals surface area contributed by atoms with Crippen molar-refractivity contribution >= 4 is 6.21 Å². The largest absolute Gasteiger partial charge is 0.266 e. The third kappa shape index (κ3) is 3.37. The predicted octanol–water partition coefficient (Wildman–Crippen LogP) is 4.28. The number of hydrogen-bond acceptors (Lipinski definition) is 4. The Morgan fingerprint density at radius 2 is 1.00 bits per heavy atom. The van der Waals surface area contributed by atoms with Gasteiger partial charge in [0.05, 0.1) is 17.1 Å². The predicted molar refractivity (Wildman–Crippen MR) is 107 cm³/mol. The van der Waals surface area contributed by atoms with E-state index in [-0.39, 0.29) is 0 Å². The molecule has 130 valence electrons. The Labute approximate surface area is 158 Å². The number of nitrogens with zero attached hydrogens (tertiary/aromatic N) is 4. The highest BCUT2D eigenvalue weighted by atomic mass is 15.0. The zero-order valence-corrected chi connectivity index (χ0v) is 14.7. The van der Waals surface area contributed by atoms with Crippen LogP contribution in [0.4, 0.5) is 0 Å². The first-order valence-electron chi connectivity index (χ1n) is 8.74. The average Bonchev–Trinajstić information content (AvgIpc) is 2.77. The van der Waals surface area contributed by atoms with Gasteiger partial charge in [-0.25, -0.2) is 0 Å².